The van der Waals surface area contributed by atoms with Crippen molar-refractivity contribution in [1.29, 1.82) is 5.26 Å². The number of rotatable bonds is 12. The SMILES string of the molecule is CCc1cc(C(C)(C)c2ccc(OCc3ccnc(SC)n3)cc2)cc(C#N)c1OCCCC(=O)O. The number of nitrogens with zero attached hydrogens (tertiary/aromatic N) is 3. The molecule has 0 aliphatic carbocycles. The molecule has 188 valence electrons. The van der Waals surface area contributed by atoms with Crippen molar-refractivity contribution < 1.29 is 19.4 Å². The third kappa shape index (κ3) is 6.76. The molecule has 8 heteroatoms. The predicted octanol–water partition coefficient (Wildman–Crippen LogP) is 5.78. The number of thioether (sulfide) groups is 1. The summed E-state index contributed by atoms with van der Waals surface area (Å²) in [5.74, 6) is 0.432. The zero-order chi connectivity index (χ0) is 26.1. The number of aryl methyl sites for hydroxylation is 1. The molecular formula is C28H31N3O4S. The molecule has 0 saturated heterocycles. The van der Waals surface area contributed by atoms with Gasteiger partial charge < -0.3 is 14.6 Å². The van der Waals surface area contributed by atoms with Gasteiger partial charge in [-0.15, -0.1) is 0 Å². The summed E-state index contributed by atoms with van der Waals surface area (Å²) >= 11 is 1.49. The largest absolute Gasteiger partial charge is 0.492 e. The monoisotopic (exact) mass is 505 g/mol. The van der Waals surface area contributed by atoms with Gasteiger partial charge in [0.05, 0.1) is 17.9 Å². The van der Waals surface area contributed by atoms with Gasteiger partial charge in [0, 0.05) is 18.0 Å². The van der Waals surface area contributed by atoms with Gasteiger partial charge in [-0.05, 0) is 60.1 Å². The molecule has 7 nitrogen and oxygen atoms in total. The van der Waals surface area contributed by atoms with E-state index >= 15 is 0 Å². The topological polar surface area (TPSA) is 105 Å². The van der Waals surface area contributed by atoms with Gasteiger partial charge in [0.25, 0.3) is 0 Å². The molecule has 0 radical (unpaired) electrons. The molecule has 0 aliphatic rings. The molecule has 0 amide bonds. The number of carboxylic acid groups (broad SMARTS) is 1. The van der Waals surface area contributed by atoms with E-state index in [1.807, 2.05) is 49.6 Å². The third-order valence-corrected chi connectivity index (χ3v) is 6.57. The van der Waals surface area contributed by atoms with E-state index in [-0.39, 0.29) is 18.4 Å². The highest BCUT2D eigenvalue weighted by molar-refractivity contribution is 7.98. The minimum Gasteiger partial charge on any atom is -0.492 e. The lowest BCUT2D eigenvalue weighted by molar-refractivity contribution is -0.137. The number of carboxylic acids is 1. The van der Waals surface area contributed by atoms with E-state index in [0.717, 1.165) is 28.1 Å². The fourth-order valence-corrected chi connectivity index (χ4v) is 4.18. The van der Waals surface area contributed by atoms with Crippen molar-refractivity contribution in [3.63, 3.8) is 0 Å². The first-order valence-corrected chi connectivity index (χ1v) is 13.0. The Balaban J connectivity index is 1.77. The van der Waals surface area contributed by atoms with Crippen LogP contribution in [0.15, 0.2) is 53.8 Å². The second-order valence-corrected chi connectivity index (χ2v) is 9.57. The van der Waals surface area contributed by atoms with Gasteiger partial charge in [-0.3, -0.25) is 4.79 Å². The molecule has 2 aromatic carbocycles. The summed E-state index contributed by atoms with van der Waals surface area (Å²) in [4.78, 5) is 19.4. The Morgan fingerprint density at radius 2 is 1.89 bits per heavy atom. The molecule has 3 rings (SSSR count). The van der Waals surface area contributed by atoms with Crippen LogP contribution in [0.25, 0.3) is 0 Å². The van der Waals surface area contributed by atoms with E-state index in [4.69, 9.17) is 14.6 Å². The fraction of sp³-hybridized carbons (Fsp3) is 0.357. The Labute approximate surface area is 216 Å². The number of nitriles is 1. The van der Waals surface area contributed by atoms with Crippen molar-refractivity contribution in [3.05, 3.63) is 76.6 Å². The van der Waals surface area contributed by atoms with Gasteiger partial charge in [0.2, 0.25) is 0 Å². The number of carbonyl (C=O) groups is 1. The number of aromatic nitrogens is 2. The molecule has 0 unspecified atom stereocenters. The predicted molar refractivity (Wildman–Crippen MR) is 140 cm³/mol. The summed E-state index contributed by atoms with van der Waals surface area (Å²) < 4.78 is 11.8. The molecule has 0 fully saturated rings. The van der Waals surface area contributed by atoms with E-state index in [1.165, 1.54) is 11.8 Å². The summed E-state index contributed by atoms with van der Waals surface area (Å²) in [6.45, 7) is 6.88. The van der Waals surface area contributed by atoms with Crippen LogP contribution in [0.4, 0.5) is 0 Å². The molecule has 0 spiro atoms. The van der Waals surface area contributed by atoms with Gasteiger partial charge in [0.1, 0.15) is 24.2 Å². The van der Waals surface area contributed by atoms with Crippen molar-refractivity contribution in [2.24, 2.45) is 0 Å². The summed E-state index contributed by atoms with van der Waals surface area (Å²) in [7, 11) is 0. The van der Waals surface area contributed by atoms with Crippen LogP contribution in [0.5, 0.6) is 11.5 Å². The van der Waals surface area contributed by atoms with Crippen LogP contribution in [-0.2, 0) is 23.2 Å². The highest BCUT2D eigenvalue weighted by atomic mass is 32.2. The molecule has 0 bridgehead atoms. The summed E-state index contributed by atoms with van der Waals surface area (Å²) in [6.07, 6.45) is 4.79. The Morgan fingerprint density at radius 3 is 2.53 bits per heavy atom. The molecule has 36 heavy (non-hydrogen) atoms. The smallest absolute Gasteiger partial charge is 0.303 e. The van der Waals surface area contributed by atoms with E-state index in [1.54, 1.807) is 6.20 Å². The van der Waals surface area contributed by atoms with Crippen LogP contribution in [0, 0.1) is 11.3 Å². The molecule has 0 atom stereocenters. The van der Waals surface area contributed by atoms with Crippen molar-refractivity contribution in [2.75, 3.05) is 12.9 Å². The first-order chi connectivity index (χ1) is 17.3. The van der Waals surface area contributed by atoms with Crippen molar-refractivity contribution in [3.8, 4) is 17.6 Å². The fourth-order valence-electron chi connectivity index (χ4n) is 3.81. The highest BCUT2D eigenvalue weighted by Gasteiger charge is 2.26. The Kier molecular flexibility index (Phi) is 9.31. The maximum atomic E-state index is 10.8. The second-order valence-electron chi connectivity index (χ2n) is 8.80. The standard InChI is InChI=1S/C28H31N3O4S/c1-5-19-15-22(16-20(17-29)26(19)34-14-6-7-25(32)33)28(2,3)21-8-10-24(11-9-21)35-18-23-12-13-30-27(31-23)36-4/h8-13,15-16H,5-7,14,18H2,1-4H3,(H,32,33). The van der Waals surface area contributed by atoms with E-state index in [9.17, 15) is 10.1 Å². The number of hydrogen-bond donors (Lipinski definition) is 1. The van der Waals surface area contributed by atoms with Gasteiger partial charge in [0.15, 0.2) is 5.16 Å². The van der Waals surface area contributed by atoms with E-state index in [2.05, 4.69) is 36.0 Å². The van der Waals surface area contributed by atoms with E-state index in [0.29, 0.717) is 35.9 Å². The van der Waals surface area contributed by atoms with Crippen molar-refractivity contribution in [1.82, 2.24) is 9.97 Å². The molecule has 0 aliphatic heterocycles. The number of hydrogen-bond acceptors (Lipinski definition) is 7. The minimum absolute atomic E-state index is 0.0338. The van der Waals surface area contributed by atoms with Crippen LogP contribution in [0.3, 0.4) is 0 Å². The minimum atomic E-state index is -0.859. The molecule has 1 aromatic heterocycles. The lowest BCUT2D eigenvalue weighted by Gasteiger charge is -2.28. The Hall–Kier alpha value is -3.57. The van der Waals surface area contributed by atoms with Crippen LogP contribution in [0.2, 0.25) is 0 Å². The quantitative estimate of drug-likeness (QED) is 0.188. The number of aliphatic carboxylic acids is 1. The average molecular weight is 506 g/mol. The lowest BCUT2D eigenvalue weighted by atomic mass is 9.77. The number of benzene rings is 2. The molecule has 3 aromatic rings. The van der Waals surface area contributed by atoms with Gasteiger partial charge in [-0.25, -0.2) is 9.97 Å². The lowest BCUT2D eigenvalue weighted by Crippen LogP contribution is -2.20. The third-order valence-electron chi connectivity index (χ3n) is 6.01. The van der Waals surface area contributed by atoms with Crippen LogP contribution < -0.4 is 9.47 Å². The molecule has 1 heterocycles. The Morgan fingerprint density at radius 1 is 1.14 bits per heavy atom. The van der Waals surface area contributed by atoms with Crippen LogP contribution >= 0.6 is 11.8 Å². The van der Waals surface area contributed by atoms with Crippen molar-refractivity contribution in [2.45, 2.75) is 57.2 Å². The summed E-state index contributed by atoms with van der Waals surface area (Å²) in [6, 6.07) is 16.0. The normalized spacial score (nSPS) is 11.1. The molecule has 1 N–H and O–H groups in total. The van der Waals surface area contributed by atoms with Gasteiger partial charge >= 0.3 is 5.97 Å². The maximum Gasteiger partial charge on any atom is 0.303 e. The Bertz CT molecular complexity index is 1240. The van der Waals surface area contributed by atoms with Gasteiger partial charge in [-0.1, -0.05) is 50.7 Å². The number of ether oxygens (including phenoxy) is 2. The summed E-state index contributed by atoms with van der Waals surface area (Å²) in [5.41, 5.74) is 3.94. The van der Waals surface area contributed by atoms with Crippen LogP contribution in [0.1, 0.15) is 61.6 Å². The summed E-state index contributed by atoms with van der Waals surface area (Å²) in [5, 5.41) is 19.4. The first-order valence-electron chi connectivity index (χ1n) is 11.8. The van der Waals surface area contributed by atoms with Crippen LogP contribution in [-0.4, -0.2) is 33.9 Å². The second kappa shape index (κ2) is 12.4. The van der Waals surface area contributed by atoms with E-state index < -0.39 is 5.97 Å². The molecular weight excluding hydrogens is 474 g/mol. The van der Waals surface area contributed by atoms with Gasteiger partial charge in [-0.2, -0.15) is 5.26 Å². The first kappa shape index (κ1) is 27.0. The average Bonchev–Trinajstić information content (AvgIpc) is 2.89. The molecule has 0 saturated carbocycles. The highest BCUT2D eigenvalue weighted by Crippen LogP contribution is 2.37. The zero-order valence-electron chi connectivity index (χ0n) is 21.1. The van der Waals surface area contributed by atoms with Crippen molar-refractivity contribution >= 4 is 17.7 Å². The zero-order valence-corrected chi connectivity index (χ0v) is 21.9. The maximum absolute atomic E-state index is 10.8.